The number of carbonyl (C=O) groups excluding carboxylic acids is 2. The zero-order chi connectivity index (χ0) is 21.3. The molecule has 0 heterocycles. The van der Waals surface area contributed by atoms with Gasteiger partial charge in [0.1, 0.15) is 24.0 Å². The lowest BCUT2D eigenvalue weighted by atomic mass is 10.2. The molecule has 3 aromatic rings. The minimum atomic E-state index is -1.06. The molecule has 0 aliphatic carbocycles. The van der Waals surface area contributed by atoms with Gasteiger partial charge in [-0.3, -0.25) is 9.59 Å². The van der Waals surface area contributed by atoms with Crippen LogP contribution < -0.4 is 15.5 Å². The van der Waals surface area contributed by atoms with E-state index in [-0.39, 0.29) is 18.1 Å². The van der Waals surface area contributed by atoms with Gasteiger partial charge >= 0.3 is 11.8 Å². The van der Waals surface area contributed by atoms with Gasteiger partial charge in [0.15, 0.2) is 0 Å². The molecule has 0 bridgehead atoms. The molecule has 30 heavy (non-hydrogen) atoms. The third-order valence-electron chi connectivity index (χ3n) is 3.92. The molecule has 0 saturated heterocycles. The fraction of sp³-hybridized carbons (Fsp3) is 0.0455. The van der Waals surface area contributed by atoms with Crippen LogP contribution in [0.1, 0.15) is 11.1 Å². The van der Waals surface area contributed by atoms with Gasteiger partial charge in [-0.25, -0.2) is 14.2 Å². The Morgan fingerprint density at radius 3 is 2.37 bits per heavy atom. The summed E-state index contributed by atoms with van der Waals surface area (Å²) >= 11 is 0. The molecule has 0 aliphatic heterocycles. The number of amides is 2. The fourth-order valence-electron chi connectivity index (χ4n) is 2.41. The molecule has 2 N–H and O–H groups in total. The maximum atomic E-state index is 13.5. The van der Waals surface area contributed by atoms with Gasteiger partial charge in [-0.2, -0.15) is 5.10 Å². The summed E-state index contributed by atoms with van der Waals surface area (Å²) in [7, 11) is 0. The van der Waals surface area contributed by atoms with Crippen LogP contribution in [0.5, 0.6) is 5.75 Å². The standard InChI is InChI=1S/C22H17F2N3O3/c23-17-11-9-15(10-12-17)14-30-20-8-4-1-5-16(20)13-25-27-22(29)21(28)26-19-7-3-2-6-18(19)24/h1-13H,14H2,(H,26,28)(H,27,29)/b25-13-. The number of para-hydroxylation sites is 2. The van der Waals surface area contributed by atoms with Gasteiger partial charge in [0, 0.05) is 5.56 Å². The van der Waals surface area contributed by atoms with Crippen molar-refractivity contribution in [1.82, 2.24) is 5.43 Å². The average Bonchev–Trinajstić information content (AvgIpc) is 2.75. The molecular formula is C22H17F2N3O3. The molecule has 152 valence electrons. The average molecular weight is 409 g/mol. The second kappa shape index (κ2) is 9.92. The molecule has 0 spiro atoms. The first kappa shape index (κ1) is 20.7. The van der Waals surface area contributed by atoms with Crippen molar-refractivity contribution < 1.29 is 23.1 Å². The van der Waals surface area contributed by atoms with Crippen LogP contribution in [0.25, 0.3) is 0 Å². The SMILES string of the molecule is O=C(N/N=C\c1ccccc1OCc1ccc(F)cc1)C(=O)Nc1ccccc1F. The van der Waals surface area contributed by atoms with E-state index in [1.165, 1.54) is 36.5 Å². The summed E-state index contributed by atoms with van der Waals surface area (Å²) < 4.78 is 32.2. The van der Waals surface area contributed by atoms with Crippen LogP contribution in [-0.2, 0) is 16.2 Å². The molecule has 3 rings (SSSR count). The zero-order valence-corrected chi connectivity index (χ0v) is 15.6. The summed E-state index contributed by atoms with van der Waals surface area (Å²) in [6, 6.07) is 18.3. The van der Waals surface area contributed by atoms with Crippen LogP contribution in [0.4, 0.5) is 14.5 Å². The maximum Gasteiger partial charge on any atom is 0.329 e. The Morgan fingerprint density at radius 1 is 0.900 bits per heavy atom. The van der Waals surface area contributed by atoms with Crippen LogP contribution in [-0.4, -0.2) is 18.0 Å². The third-order valence-corrected chi connectivity index (χ3v) is 3.92. The van der Waals surface area contributed by atoms with Gasteiger partial charge in [-0.1, -0.05) is 36.4 Å². The summed E-state index contributed by atoms with van der Waals surface area (Å²) in [4.78, 5) is 23.7. The second-order valence-corrected chi connectivity index (χ2v) is 6.09. The third kappa shape index (κ3) is 5.71. The number of benzene rings is 3. The summed E-state index contributed by atoms with van der Waals surface area (Å²) in [5.41, 5.74) is 3.30. The number of hydrazone groups is 1. The van der Waals surface area contributed by atoms with Crippen molar-refractivity contribution in [2.75, 3.05) is 5.32 Å². The number of ether oxygens (including phenoxy) is 1. The number of nitrogens with zero attached hydrogens (tertiary/aromatic N) is 1. The van der Waals surface area contributed by atoms with Crippen molar-refractivity contribution in [1.29, 1.82) is 0 Å². The lowest BCUT2D eigenvalue weighted by Gasteiger charge is -2.09. The second-order valence-electron chi connectivity index (χ2n) is 6.09. The van der Waals surface area contributed by atoms with Crippen molar-refractivity contribution >= 4 is 23.7 Å². The first-order valence-electron chi connectivity index (χ1n) is 8.88. The van der Waals surface area contributed by atoms with Gasteiger partial charge < -0.3 is 10.1 Å². The van der Waals surface area contributed by atoms with E-state index in [2.05, 4.69) is 15.8 Å². The van der Waals surface area contributed by atoms with E-state index in [1.807, 2.05) is 0 Å². The smallest absolute Gasteiger partial charge is 0.329 e. The molecular weight excluding hydrogens is 392 g/mol. The summed E-state index contributed by atoms with van der Waals surface area (Å²) in [6.45, 7) is 0.211. The number of hydrogen-bond acceptors (Lipinski definition) is 4. The minimum absolute atomic E-state index is 0.110. The minimum Gasteiger partial charge on any atom is -0.488 e. The first-order chi connectivity index (χ1) is 14.5. The highest BCUT2D eigenvalue weighted by molar-refractivity contribution is 6.39. The largest absolute Gasteiger partial charge is 0.488 e. The molecule has 0 atom stereocenters. The molecule has 8 heteroatoms. The van der Waals surface area contributed by atoms with E-state index in [9.17, 15) is 18.4 Å². The van der Waals surface area contributed by atoms with E-state index in [0.717, 1.165) is 11.6 Å². The zero-order valence-electron chi connectivity index (χ0n) is 15.6. The molecule has 0 radical (unpaired) electrons. The molecule has 3 aromatic carbocycles. The predicted molar refractivity (Wildman–Crippen MR) is 108 cm³/mol. The van der Waals surface area contributed by atoms with Crippen molar-refractivity contribution in [3.05, 3.63) is 95.6 Å². The summed E-state index contributed by atoms with van der Waals surface area (Å²) in [6.07, 6.45) is 1.31. The highest BCUT2D eigenvalue weighted by Crippen LogP contribution is 2.18. The van der Waals surface area contributed by atoms with Gasteiger partial charge in [0.2, 0.25) is 0 Å². The first-order valence-corrected chi connectivity index (χ1v) is 8.88. The van der Waals surface area contributed by atoms with Crippen molar-refractivity contribution in [3.8, 4) is 5.75 Å². The van der Waals surface area contributed by atoms with Crippen molar-refractivity contribution in [3.63, 3.8) is 0 Å². The molecule has 0 unspecified atom stereocenters. The van der Waals surface area contributed by atoms with Crippen LogP contribution in [0, 0.1) is 11.6 Å². The Balaban J connectivity index is 1.58. The van der Waals surface area contributed by atoms with Gasteiger partial charge in [0.25, 0.3) is 0 Å². The monoisotopic (exact) mass is 409 g/mol. The fourth-order valence-corrected chi connectivity index (χ4v) is 2.41. The Labute approximate surface area is 171 Å². The normalized spacial score (nSPS) is 10.6. The van der Waals surface area contributed by atoms with Gasteiger partial charge in [-0.05, 0) is 42.0 Å². The highest BCUT2D eigenvalue weighted by Gasteiger charge is 2.14. The quantitative estimate of drug-likeness (QED) is 0.371. The Hall–Kier alpha value is -4.07. The Bertz CT molecular complexity index is 1070. The molecule has 0 aromatic heterocycles. The van der Waals surface area contributed by atoms with E-state index < -0.39 is 17.6 Å². The molecule has 2 amide bonds. The number of halogens is 2. The van der Waals surface area contributed by atoms with Crippen LogP contribution in [0.15, 0.2) is 77.9 Å². The molecule has 0 saturated carbocycles. The van der Waals surface area contributed by atoms with Gasteiger partial charge in [-0.15, -0.1) is 0 Å². The number of carbonyl (C=O) groups is 2. The van der Waals surface area contributed by atoms with E-state index in [4.69, 9.17) is 4.74 Å². The molecule has 0 fully saturated rings. The van der Waals surface area contributed by atoms with E-state index >= 15 is 0 Å². The van der Waals surface area contributed by atoms with Gasteiger partial charge in [0.05, 0.1) is 11.9 Å². The Kier molecular flexibility index (Phi) is 6.83. The Morgan fingerprint density at radius 2 is 1.60 bits per heavy atom. The molecule has 6 nitrogen and oxygen atoms in total. The van der Waals surface area contributed by atoms with Crippen LogP contribution >= 0.6 is 0 Å². The number of anilines is 1. The lowest BCUT2D eigenvalue weighted by molar-refractivity contribution is -0.136. The maximum absolute atomic E-state index is 13.5. The van der Waals surface area contributed by atoms with E-state index in [1.54, 1.807) is 36.4 Å². The highest BCUT2D eigenvalue weighted by atomic mass is 19.1. The van der Waals surface area contributed by atoms with E-state index in [0.29, 0.717) is 11.3 Å². The van der Waals surface area contributed by atoms with Crippen LogP contribution in [0.3, 0.4) is 0 Å². The summed E-state index contributed by atoms with van der Waals surface area (Å²) in [5, 5.41) is 5.91. The van der Waals surface area contributed by atoms with Crippen LogP contribution in [0.2, 0.25) is 0 Å². The topological polar surface area (TPSA) is 79.8 Å². The summed E-state index contributed by atoms with van der Waals surface area (Å²) in [5.74, 6) is -2.62. The number of nitrogens with one attached hydrogen (secondary N) is 2. The number of rotatable bonds is 6. The molecule has 0 aliphatic rings. The van der Waals surface area contributed by atoms with Crippen molar-refractivity contribution in [2.45, 2.75) is 6.61 Å². The predicted octanol–water partition coefficient (Wildman–Crippen LogP) is 3.63. The van der Waals surface area contributed by atoms with Crippen molar-refractivity contribution in [2.24, 2.45) is 5.10 Å². The number of hydrogen-bond donors (Lipinski definition) is 2. The lowest BCUT2D eigenvalue weighted by Crippen LogP contribution is -2.32.